The zero-order valence-corrected chi connectivity index (χ0v) is 10.3. The standard InChI is InChI=1S/C12H11NO3S/c1-15-9-5-3-8(4-6-9)11(14)10-7-13-16-12(10)17-2/h3-7H,1-2H3. The first-order valence-electron chi connectivity index (χ1n) is 4.93. The minimum absolute atomic E-state index is 0.0988. The number of benzene rings is 1. The van der Waals surface area contributed by atoms with E-state index in [9.17, 15) is 4.79 Å². The fourth-order valence-corrected chi connectivity index (χ4v) is 1.91. The minimum Gasteiger partial charge on any atom is -0.497 e. The fourth-order valence-electron chi connectivity index (χ4n) is 1.43. The number of nitrogens with zero attached hydrogens (tertiary/aromatic N) is 1. The number of rotatable bonds is 4. The predicted molar refractivity (Wildman–Crippen MR) is 64.7 cm³/mol. The molecule has 0 saturated heterocycles. The number of ether oxygens (including phenoxy) is 1. The number of carbonyl (C=O) groups is 1. The van der Waals surface area contributed by atoms with Gasteiger partial charge in [-0.15, -0.1) is 0 Å². The van der Waals surface area contributed by atoms with Gasteiger partial charge in [0.15, 0.2) is 5.78 Å². The number of aromatic nitrogens is 1. The number of ketones is 1. The van der Waals surface area contributed by atoms with Crippen molar-refractivity contribution >= 4 is 17.5 Å². The molecule has 0 radical (unpaired) electrons. The van der Waals surface area contributed by atoms with Crippen LogP contribution in [-0.2, 0) is 0 Å². The molecule has 88 valence electrons. The van der Waals surface area contributed by atoms with Gasteiger partial charge in [-0.3, -0.25) is 4.79 Å². The second kappa shape index (κ2) is 5.05. The van der Waals surface area contributed by atoms with Crippen LogP contribution in [0.2, 0.25) is 0 Å². The molecule has 0 amide bonds. The second-order valence-corrected chi connectivity index (χ2v) is 4.07. The lowest BCUT2D eigenvalue weighted by Gasteiger charge is -2.01. The molecule has 0 aliphatic rings. The summed E-state index contributed by atoms with van der Waals surface area (Å²) < 4.78 is 10.0. The number of carbonyl (C=O) groups excluding carboxylic acids is 1. The molecule has 2 aromatic rings. The maximum absolute atomic E-state index is 12.1. The first-order valence-corrected chi connectivity index (χ1v) is 6.16. The molecule has 0 atom stereocenters. The molecule has 0 unspecified atom stereocenters. The summed E-state index contributed by atoms with van der Waals surface area (Å²) in [5.74, 6) is 0.621. The van der Waals surface area contributed by atoms with Gasteiger partial charge in [0, 0.05) is 5.56 Å². The monoisotopic (exact) mass is 249 g/mol. The summed E-state index contributed by atoms with van der Waals surface area (Å²) in [5, 5.41) is 4.17. The van der Waals surface area contributed by atoms with Crippen molar-refractivity contribution in [2.45, 2.75) is 5.09 Å². The Hall–Kier alpha value is -1.75. The van der Waals surface area contributed by atoms with Crippen molar-refractivity contribution in [2.75, 3.05) is 13.4 Å². The number of hydrogen-bond acceptors (Lipinski definition) is 5. The van der Waals surface area contributed by atoms with E-state index in [2.05, 4.69) is 5.16 Å². The summed E-state index contributed by atoms with van der Waals surface area (Å²) in [6, 6.07) is 6.94. The molecule has 1 heterocycles. The van der Waals surface area contributed by atoms with E-state index in [1.54, 1.807) is 31.4 Å². The highest BCUT2D eigenvalue weighted by molar-refractivity contribution is 7.98. The Morgan fingerprint density at radius 1 is 1.35 bits per heavy atom. The average molecular weight is 249 g/mol. The van der Waals surface area contributed by atoms with Gasteiger partial charge in [0.05, 0.1) is 18.9 Å². The summed E-state index contributed by atoms with van der Waals surface area (Å²) in [6.07, 6.45) is 3.28. The van der Waals surface area contributed by atoms with E-state index in [1.807, 2.05) is 6.26 Å². The third kappa shape index (κ3) is 2.34. The molecular formula is C12H11NO3S. The minimum atomic E-state index is -0.0988. The molecule has 0 aliphatic carbocycles. The van der Waals surface area contributed by atoms with E-state index in [0.717, 1.165) is 5.75 Å². The van der Waals surface area contributed by atoms with Gasteiger partial charge in [0.1, 0.15) is 5.75 Å². The second-order valence-electron chi connectivity index (χ2n) is 3.29. The zero-order valence-electron chi connectivity index (χ0n) is 9.47. The Morgan fingerprint density at radius 2 is 2.06 bits per heavy atom. The molecule has 2 rings (SSSR count). The van der Waals surface area contributed by atoms with E-state index in [-0.39, 0.29) is 5.78 Å². The van der Waals surface area contributed by atoms with Crippen molar-refractivity contribution in [3.63, 3.8) is 0 Å². The third-order valence-electron chi connectivity index (χ3n) is 2.32. The topological polar surface area (TPSA) is 52.3 Å². The lowest BCUT2D eigenvalue weighted by Crippen LogP contribution is -2.00. The van der Waals surface area contributed by atoms with E-state index in [4.69, 9.17) is 9.26 Å². The molecular weight excluding hydrogens is 238 g/mol. The van der Waals surface area contributed by atoms with Crippen molar-refractivity contribution in [1.82, 2.24) is 5.16 Å². The summed E-state index contributed by atoms with van der Waals surface area (Å²) in [7, 11) is 1.59. The van der Waals surface area contributed by atoms with Crippen molar-refractivity contribution in [2.24, 2.45) is 0 Å². The van der Waals surface area contributed by atoms with Crippen LogP contribution in [0.15, 0.2) is 40.1 Å². The average Bonchev–Trinajstić information content (AvgIpc) is 2.86. The lowest BCUT2D eigenvalue weighted by molar-refractivity contribution is 0.103. The smallest absolute Gasteiger partial charge is 0.204 e. The summed E-state index contributed by atoms with van der Waals surface area (Å²) in [4.78, 5) is 12.1. The Balaban J connectivity index is 2.30. The van der Waals surface area contributed by atoms with E-state index in [1.165, 1.54) is 18.0 Å². The van der Waals surface area contributed by atoms with Crippen LogP contribution in [0.25, 0.3) is 0 Å². The number of thioether (sulfide) groups is 1. The van der Waals surface area contributed by atoms with Crippen LogP contribution in [0, 0.1) is 0 Å². The third-order valence-corrected chi connectivity index (χ3v) is 2.98. The highest BCUT2D eigenvalue weighted by Crippen LogP contribution is 2.23. The van der Waals surface area contributed by atoms with Crippen molar-refractivity contribution in [3.8, 4) is 5.75 Å². The van der Waals surface area contributed by atoms with E-state index < -0.39 is 0 Å². The largest absolute Gasteiger partial charge is 0.497 e. The van der Waals surface area contributed by atoms with Gasteiger partial charge in [-0.25, -0.2) is 0 Å². The van der Waals surface area contributed by atoms with Gasteiger partial charge < -0.3 is 9.26 Å². The molecule has 0 aliphatic heterocycles. The lowest BCUT2D eigenvalue weighted by atomic mass is 10.1. The molecule has 0 bridgehead atoms. The molecule has 1 aromatic carbocycles. The van der Waals surface area contributed by atoms with Crippen LogP contribution >= 0.6 is 11.8 Å². The SMILES string of the molecule is COc1ccc(C(=O)c2cnoc2SC)cc1. The van der Waals surface area contributed by atoms with Gasteiger partial charge >= 0.3 is 0 Å². The van der Waals surface area contributed by atoms with Crippen LogP contribution in [0.4, 0.5) is 0 Å². The number of methoxy groups -OCH3 is 1. The van der Waals surface area contributed by atoms with Gasteiger partial charge in [-0.1, -0.05) is 16.9 Å². The van der Waals surface area contributed by atoms with E-state index in [0.29, 0.717) is 16.2 Å². The van der Waals surface area contributed by atoms with Crippen molar-refractivity contribution in [1.29, 1.82) is 0 Å². The molecule has 5 heteroatoms. The highest BCUT2D eigenvalue weighted by atomic mass is 32.2. The molecule has 0 fully saturated rings. The first kappa shape index (κ1) is 11.7. The van der Waals surface area contributed by atoms with Gasteiger partial charge in [0.2, 0.25) is 5.09 Å². The molecule has 0 spiro atoms. The molecule has 17 heavy (non-hydrogen) atoms. The predicted octanol–water partition coefficient (Wildman–Crippen LogP) is 2.64. The quantitative estimate of drug-likeness (QED) is 0.616. The molecule has 1 aromatic heterocycles. The van der Waals surface area contributed by atoms with Crippen LogP contribution in [0.3, 0.4) is 0 Å². The Morgan fingerprint density at radius 3 is 2.65 bits per heavy atom. The van der Waals surface area contributed by atoms with Crippen LogP contribution < -0.4 is 4.74 Å². The van der Waals surface area contributed by atoms with Crippen LogP contribution in [0.5, 0.6) is 5.75 Å². The first-order chi connectivity index (χ1) is 8.26. The summed E-state index contributed by atoms with van der Waals surface area (Å²) in [6.45, 7) is 0. The Kier molecular flexibility index (Phi) is 3.49. The van der Waals surface area contributed by atoms with Crippen molar-refractivity contribution in [3.05, 3.63) is 41.6 Å². The Labute approximate surface area is 103 Å². The fraction of sp³-hybridized carbons (Fsp3) is 0.167. The van der Waals surface area contributed by atoms with Crippen molar-refractivity contribution < 1.29 is 14.1 Å². The molecule has 4 nitrogen and oxygen atoms in total. The van der Waals surface area contributed by atoms with Gasteiger partial charge in [-0.05, 0) is 30.5 Å². The molecule has 0 N–H and O–H groups in total. The molecule has 0 saturated carbocycles. The normalized spacial score (nSPS) is 10.2. The maximum Gasteiger partial charge on any atom is 0.204 e. The van der Waals surface area contributed by atoms with Gasteiger partial charge in [-0.2, -0.15) is 0 Å². The Bertz CT molecular complexity index is 519. The van der Waals surface area contributed by atoms with Gasteiger partial charge in [0.25, 0.3) is 0 Å². The summed E-state index contributed by atoms with van der Waals surface area (Å²) in [5.41, 5.74) is 1.08. The zero-order chi connectivity index (χ0) is 12.3. The van der Waals surface area contributed by atoms with E-state index >= 15 is 0 Å². The van der Waals surface area contributed by atoms with Crippen LogP contribution in [0.1, 0.15) is 15.9 Å². The maximum atomic E-state index is 12.1. The summed E-state index contributed by atoms with van der Waals surface area (Å²) >= 11 is 1.36. The highest BCUT2D eigenvalue weighted by Gasteiger charge is 2.17. The van der Waals surface area contributed by atoms with Crippen LogP contribution in [-0.4, -0.2) is 24.3 Å². The number of hydrogen-bond donors (Lipinski definition) is 0.